The van der Waals surface area contributed by atoms with E-state index < -0.39 is 0 Å². The molecule has 2 aliphatic heterocycles. The molecule has 0 saturated carbocycles. The molecule has 2 aliphatic rings. The zero-order valence-corrected chi connectivity index (χ0v) is 13.0. The van der Waals surface area contributed by atoms with Gasteiger partial charge in [-0.1, -0.05) is 6.92 Å². The minimum atomic E-state index is 0.597. The van der Waals surface area contributed by atoms with E-state index in [0.717, 1.165) is 12.1 Å². The van der Waals surface area contributed by atoms with Crippen LogP contribution >= 0.6 is 11.3 Å². The van der Waals surface area contributed by atoms with Crippen LogP contribution in [0.2, 0.25) is 0 Å². The first-order valence-corrected chi connectivity index (χ1v) is 8.69. The van der Waals surface area contributed by atoms with E-state index in [1.54, 1.807) is 4.88 Å². The number of hydrogen-bond donors (Lipinski definition) is 1. The molecule has 19 heavy (non-hydrogen) atoms. The maximum absolute atomic E-state index is 3.71. The largest absolute Gasteiger partial charge is 0.312 e. The average Bonchev–Trinajstić information content (AvgIpc) is 3.16. The highest BCUT2D eigenvalue weighted by molar-refractivity contribution is 7.12. The van der Waals surface area contributed by atoms with Gasteiger partial charge in [0.05, 0.1) is 0 Å². The molecular weight excluding hydrogens is 252 g/mol. The first kappa shape index (κ1) is 13.6. The van der Waals surface area contributed by atoms with Crippen LogP contribution in [0.1, 0.15) is 55.3 Å². The van der Waals surface area contributed by atoms with Crippen LogP contribution in [0.3, 0.4) is 0 Å². The maximum atomic E-state index is 3.71. The van der Waals surface area contributed by atoms with Crippen molar-refractivity contribution in [1.29, 1.82) is 0 Å². The second-order valence-corrected chi connectivity index (χ2v) is 7.18. The summed E-state index contributed by atoms with van der Waals surface area (Å²) in [6.45, 7) is 7.16. The van der Waals surface area contributed by atoms with Gasteiger partial charge >= 0.3 is 0 Å². The standard InChI is InChI=1S/C16H26N2S/c1-3-13-8-9-16(19-13)12(2)18-11-5-7-15(18)14-6-4-10-17-14/h8-9,12,14-15,17H,3-7,10-11H2,1-2H3. The second-order valence-electron chi connectivity index (χ2n) is 5.98. The normalized spacial score (nSPS) is 30.0. The lowest BCUT2D eigenvalue weighted by Gasteiger charge is -2.33. The summed E-state index contributed by atoms with van der Waals surface area (Å²) in [6, 6.07) is 6.78. The third-order valence-corrected chi connectivity index (χ3v) is 6.25. The monoisotopic (exact) mass is 278 g/mol. The minimum absolute atomic E-state index is 0.597. The molecule has 3 heterocycles. The van der Waals surface area contributed by atoms with E-state index in [0.29, 0.717) is 6.04 Å². The molecule has 0 bridgehead atoms. The fraction of sp³-hybridized carbons (Fsp3) is 0.750. The van der Waals surface area contributed by atoms with Crippen LogP contribution in [-0.2, 0) is 6.42 Å². The molecule has 0 amide bonds. The molecule has 0 aromatic carbocycles. The van der Waals surface area contributed by atoms with Crippen LogP contribution in [0.4, 0.5) is 0 Å². The Bertz CT molecular complexity index is 409. The minimum Gasteiger partial charge on any atom is -0.312 e. The SMILES string of the molecule is CCc1ccc(C(C)N2CCCC2C2CCCN2)s1. The Kier molecular flexibility index (Phi) is 4.25. The van der Waals surface area contributed by atoms with Crippen molar-refractivity contribution in [3.05, 3.63) is 21.9 Å². The van der Waals surface area contributed by atoms with Crippen LogP contribution in [0.25, 0.3) is 0 Å². The fourth-order valence-corrected chi connectivity index (χ4v) is 4.77. The van der Waals surface area contributed by atoms with E-state index in [4.69, 9.17) is 0 Å². The Morgan fingerprint density at radius 1 is 1.37 bits per heavy atom. The zero-order chi connectivity index (χ0) is 13.2. The summed E-state index contributed by atoms with van der Waals surface area (Å²) in [5.74, 6) is 0. The van der Waals surface area contributed by atoms with Gasteiger partial charge in [0.15, 0.2) is 0 Å². The second kappa shape index (κ2) is 5.94. The molecule has 0 radical (unpaired) electrons. The molecule has 0 spiro atoms. The van der Waals surface area contributed by atoms with Gasteiger partial charge in [0, 0.05) is 27.9 Å². The molecule has 106 valence electrons. The van der Waals surface area contributed by atoms with Gasteiger partial charge in [0.2, 0.25) is 0 Å². The zero-order valence-electron chi connectivity index (χ0n) is 12.2. The van der Waals surface area contributed by atoms with Gasteiger partial charge in [-0.15, -0.1) is 11.3 Å². The van der Waals surface area contributed by atoms with E-state index in [1.807, 2.05) is 11.3 Å². The van der Waals surface area contributed by atoms with Crippen molar-refractivity contribution in [1.82, 2.24) is 10.2 Å². The van der Waals surface area contributed by atoms with E-state index in [2.05, 4.69) is 36.2 Å². The fourth-order valence-electron chi connectivity index (χ4n) is 3.74. The Hall–Kier alpha value is -0.380. The molecule has 1 aromatic heterocycles. The van der Waals surface area contributed by atoms with E-state index in [1.165, 1.54) is 50.1 Å². The highest BCUT2D eigenvalue weighted by Crippen LogP contribution is 2.35. The molecule has 2 fully saturated rings. The van der Waals surface area contributed by atoms with Crippen molar-refractivity contribution in [3.8, 4) is 0 Å². The van der Waals surface area contributed by atoms with Gasteiger partial charge < -0.3 is 5.32 Å². The Morgan fingerprint density at radius 3 is 2.95 bits per heavy atom. The highest BCUT2D eigenvalue weighted by atomic mass is 32.1. The van der Waals surface area contributed by atoms with Crippen molar-refractivity contribution in [2.24, 2.45) is 0 Å². The number of aryl methyl sites for hydroxylation is 1. The van der Waals surface area contributed by atoms with Crippen LogP contribution in [0.5, 0.6) is 0 Å². The first-order chi connectivity index (χ1) is 9.29. The van der Waals surface area contributed by atoms with Gasteiger partial charge in [-0.25, -0.2) is 0 Å². The van der Waals surface area contributed by atoms with Crippen molar-refractivity contribution < 1.29 is 0 Å². The van der Waals surface area contributed by atoms with Crippen LogP contribution in [0, 0.1) is 0 Å². The Morgan fingerprint density at radius 2 is 2.26 bits per heavy atom. The van der Waals surface area contributed by atoms with Crippen molar-refractivity contribution in [2.45, 2.75) is 64.1 Å². The molecular formula is C16H26N2S. The summed E-state index contributed by atoms with van der Waals surface area (Å²) in [7, 11) is 0. The van der Waals surface area contributed by atoms with Crippen LogP contribution < -0.4 is 5.32 Å². The molecule has 3 atom stereocenters. The quantitative estimate of drug-likeness (QED) is 0.905. The number of nitrogens with zero attached hydrogens (tertiary/aromatic N) is 1. The highest BCUT2D eigenvalue weighted by Gasteiger charge is 2.36. The third kappa shape index (κ3) is 2.74. The van der Waals surface area contributed by atoms with Gasteiger partial charge in [-0.2, -0.15) is 0 Å². The van der Waals surface area contributed by atoms with E-state index in [9.17, 15) is 0 Å². The molecule has 1 aromatic rings. The topological polar surface area (TPSA) is 15.3 Å². The number of likely N-dealkylation sites (tertiary alicyclic amines) is 1. The lowest BCUT2D eigenvalue weighted by molar-refractivity contribution is 0.165. The van der Waals surface area contributed by atoms with Gasteiger partial charge in [-0.3, -0.25) is 4.90 Å². The van der Waals surface area contributed by atoms with Crippen LogP contribution in [-0.4, -0.2) is 30.1 Å². The third-order valence-electron chi connectivity index (χ3n) is 4.85. The summed E-state index contributed by atoms with van der Waals surface area (Å²) in [6.07, 6.45) is 6.67. The number of rotatable bonds is 4. The Labute approximate surface area is 121 Å². The smallest absolute Gasteiger partial charge is 0.0416 e. The molecule has 1 N–H and O–H groups in total. The first-order valence-electron chi connectivity index (χ1n) is 7.87. The van der Waals surface area contributed by atoms with E-state index in [-0.39, 0.29) is 0 Å². The average molecular weight is 278 g/mol. The van der Waals surface area contributed by atoms with Crippen molar-refractivity contribution in [3.63, 3.8) is 0 Å². The van der Waals surface area contributed by atoms with Crippen LogP contribution in [0.15, 0.2) is 12.1 Å². The molecule has 2 nitrogen and oxygen atoms in total. The number of thiophene rings is 1. The predicted octanol–water partition coefficient (Wildman–Crippen LogP) is 3.59. The summed E-state index contributed by atoms with van der Waals surface area (Å²) in [5, 5.41) is 3.71. The molecule has 3 heteroatoms. The molecule has 2 saturated heterocycles. The predicted molar refractivity (Wildman–Crippen MR) is 82.9 cm³/mol. The summed E-state index contributed by atoms with van der Waals surface area (Å²) in [4.78, 5) is 5.84. The van der Waals surface area contributed by atoms with Crippen molar-refractivity contribution in [2.75, 3.05) is 13.1 Å². The molecule has 3 rings (SSSR count). The summed E-state index contributed by atoms with van der Waals surface area (Å²) < 4.78 is 0. The Balaban J connectivity index is 1.72. The van der Waals surface area contributed by atoms with Gasteiger partial charge in [0.1, 0.15) is 0 Å². The van der Waals surface area contributed by atoms with Crippen molar-refractivity contribution >= 4 is 11.3 Å². The number of nitrogens with one attached hydrogen (secondary N) is 1. The lowest BCUT2D eigenvalue weighted by atomic mass is 10.0. The molecule has 3 unspecified atom stereocenters. The van der Waals surface area contributed by atoms with Gasteiger partial charge in [0.25, 0.3) is 0 Å². The maximum Gasteiger partial charge on any atom is 0.0416 e. The molecule has 0 aliphatic carbocycles. The van der Waals surface area contributed by atoms with Gasteiger partial charge in [-0.05, 0) is 64.3 Å². The summed E-state index contributed by atoms with van der Waals surface area (Å²) >= 11 is 2.01. The van der Waals surface area contributed by atoms with E-state index >= 15 is 0 Å². The lowest BCUT2D eigenvalue weighted by Crippen LogP contribution is -2.44. The number of hydrogen-bond acceptors (Lipinski definition) is 3. The summed E-state index contributed by atoms with van der Waals surface area (Å²) in [5.41, 5.74) is 0.